The normalized spacial score (nSPS) is 18.9. The molecular weight excluding hydrogens is 719 g/mol. The van der Waals surface area contributed by atoms with E-state index >= 15 is 0 Å². The molecule has 0 unspecified atom stereocenters. The zero-order valence-corrected chi connectivity index (χ0v) is 31.5. The summed E-state index contributed by atoms with van der Waals surface area (Å²) in [5.41, 5.74) is 6.93. The van der Waals surface area contributed by atoms with Gasteiger partial charge < -0.3 is 24.2 Å². The molecule has 2 fully saturated rings. The quantitative estimate of drug-likeness (QED) is 0.189. The number of aliphatic carboxylic acids is 1. The second-order valence-corrected chi connectivity index (χ2v) is 14.5. The van der Waals surface area contributed by atoms with Crippen LogP contribution in [0.2, 0.25) is 10.0 Å². The minimum Gasteiger partial charge on any atom is -0.481 e. The lowest BCUT2D eigenvalue weighted by Crippen LogP contribution is -2.47. The number of carboxylic acids is 1. The molecule has 1 N–H and O–H groups in total. The third kappa shape index (κ3) is 7.77. The number of likely N-dealkylation sites (tertiary alicyclic amines) is 1. The minimum atomic E-state index is -0.774. The molecule has 2 aromatic heterocycles. The van der Waals surface area contributed by atoms with E-state index in [2.05, 4.69) is 26.9 Å². The monoisotopic (exact) mass is 760 g/mol. The van der Waals surface area contributed by atoms with Gasteiger partial charge in [0.25, 0.3) is 0 Å². The highest BCUT2D eigenvalue weighted by molar-refractivity contribution is 6.36. The fourth-order valence-electron chi connectivity index (χ4n) is 7.58. The van der Waals surface area contributed by atoms with Gasteiger partial charge in [-0.2, -0.15) is 4.98 Å². The fraction of sp³-hybridized carbons (Fsp3) is 0.410. The minimum absolute atomic E-state index is 0.0954. The van der Waals surface area contributed by atoms with Crippen LogP contribution < -0.4 is 14.2 Å². The lowest BCUT2D eigenvalue weighted by atomic mass is 9.95. The van der Waals surface area contributed by atoms with Gasteiger partial charge in [-0.3, -0.25) is 24.4 Å². The number of methoxy groups -OCH3 is 2. The maximum Gasteiger partial charge on any atom is 0.307 e. The molecule has 2 saturated heterocycles. The van der Waals surface area contributed by atoms with Crippen molar-refractivity contribution < 1.29 is 28.9 Å². The molecule has 2 aromatic carbocycles. The van der Waals surface area contributed by atoms with Crippen LogP contribution in [0.3, 0.4) is 0 Å². The van der Waals surface area contributed by atoms with E-state index in [1.165, 1.54) is 0 Å². The van der Waals surface area contributed by atoms with Crippen molar-refractivity contribution in [1.29, 1.82) is 0 Å². The van der Waals surface area contributed by atoms with Crippen molar-refractivity contribution in [3.05, 3.63) is 81.1 Å². The third-order valence-electron chi connectivity index (χ3n) is 10.4. The first kappa shape index (κ1) is 36.9. The van der Waals surface area contributed by atoms with Crippen LogP contribution in [0.5, 0.6) is 17.6 Å². The van der Waals surface area contributed by atoms with Gasteiger partial charge in [0.2, 0.25) is 23.5 Å². The first-order valence-electron chi connectivity index (χ1n) is 17.8. The molecule has 4 heterocycles. The average Bonchev–Trinajstić information content (AvgIpc) is 3.81. The Morgan fingerprint density at radius 2 is 1.60 bits per heavy atom. The number of nitrogens with zero attached hydrogens (tertiary/aromatic N) is 6. The summed E-state index contributed by atoms with van der Waals surface area (Å²) in [5, 5.41) is 10.3. The van der Waals surface area contributed by atoms with Gasteiger partial charge in [-0.1, -0.05) is 59.6 Å². The topological polar surface area (TPSA) is 130 Å². The molecule has 0 spiro atoms. The number of amides is 1. The van der Waals surface area contributed by atoms with Crippen LogP contribution in [-0.4, -0.2) is 100 Å². The number of hydrogen-bond donors (Lipinski definition) is 1. The lowest BCUT2D eigenvalue weighted by Gasteiger charge is -2.34. The molecule has 2 atom stereocenters. The van der Waals surface area contributed by atoms with Gasteiger partial charge in [-0.25, -0.2) is 4.98 Å². The summed E-state index contributed by atoms with van der Waals surface area (Å²) in [5.74, 6) is 0.0767. The number of pyridine rings is 1. The Morgan fingerprint density at radius 3 is 2.32 bits per heavy atom. The number of halogens is 2. The van der Waals surface area contributed by atoms with Crippen LogP contribution in [0.1, 0.15) is 48.3 Å². The van der Waals surface area contributed by atoms with Crippen molar-refractivity contribution in [3.8, 4) is 40.0 Å². The van der Waals surface area contributed by atoms with Crippen molar-refractivity contribution in [2.45, 2.75) is 45.4 Å². The Hall–Kier alpha value is -4.49. The molecule has 53 heavy (non-hydrogen) atoms. The Kier molecular flexibility index (Phi) is 11.0. The van der Waals surface area contributed by atoms with Crippen LogP contribution in [0.4, 0.5) is 0 Å². The van der Waals surface area contributed by atoms with E-state index in [-0.39, 0.29) is 23.8 Å². The highest BCUT2D eigenvalue weighted by atomic mass is 35.5. The number of ether oxygens (including phenoxy) is 3. The van der Waals surface area contributed by atoms with Crippen molar-refractivity contribution in [2.24, 2.45) is 5.92 Å². The molecule has 2 aliphatic heterocycles. The molecule has 3 aliphatic rings. The predicted octanol–water partition coefficient (Wildman–Crippen LogP) is 6.17. The number of carboxylic acid groups (broad SMARTS) is 1. The Morgan fingerprint density at radius 1 is 0.868 bits per heavy atom. The summed E-state index contributed by atoms with van der Waals surface area (Å²) in [6.45, 7) is 6.70. The second-order valence-electron chi connectivity index (χ2n) is 13.7. The number of hydrogen-bond acceptors (Lipinski definition) is 10. The molecule has 14 heteroatoms. The molecule has 12 nitrogen and oxygen atoms in total. The molecule has 4 aromatic rings. The Balaban J connectivity index is 1.09. The summed E-state index contributed by atoms with van der Waals surface area (Å²) in [7, 11) is 3.15. The SMILES string of the molecule is COc1nc(O[C@H]2CCc3c(-c4cccc(-c5cnc(CN6CCN(C(C)=O)CC6)c(OC)n5)c4Cl)cccc32)c(Cl)cc1CN1CC[C@@H](C(=O)O)C1. The molecular formula is C39H42Cl2N6O6. The van der Waals surface area contributed by atoms with Crippen molar-refractivity contribution >= 4 is 35.1 Å². The standard InChI is InChI=1S/C39H42Cl2N6O6/c1-23(48)47-16-14-45(15-17-47)22-33-38(52-3)43-32(19-42-33)30-9-5-8-29(35(30)41)26-6-4-7-28-27(26)10-11-34(28)53-37-31(40)18-25(36(44-37)51-2)21-46-13-12-24(20-46)39(49)50/h4-9,18-19,24,34H,10-17,20-22H2,1-3H3,(H,49,50)/t24-,34+/m1/s1. The third-order valence-corrected chi connectivity index (χ3v) is 11.1. The van der Waals surface area contributed by atoms with E-state index in [0.717, 1.165) is 65.0 Å². The molecule has 0 saturated carbocycles. The molecule has 0 radical (unpaired) electrons. The Labute approximate surface area is 318 Å². The van der Waals surface area contributed by atoms with Crippen molar-refractivity contribution in [1.82, 2.24) is 29.7 Å². The fourth-order valence-corrected chi connectivity index (χ4v) is 8.12. The van der Waals surface area contributed by atoms with Crippen LogP contribution in [0, 0.1) is 5.92 Å². The zero-order chi connectivity index (χ0) is 37.2. The van der Waals surface area contributed by atoms with E-state index in [4.69, 9.17) is 47.4 Å². The maximum atomic E-state index is 11.7. The Bertz CT molecular complexity index is 2020. The molecule has 0 bridgehead atoms. The first-order valence-corrected chi connectivity index (χ1v) is 18.5. The predicted molar refractivity (Wildman–Crippen MR) is 201 cm³/mol. The highest BCUT2D eigenvalue weighted by Gasteiger charge is 2.31. The molecule has 1 amide bonds. The largest absolute Gasteiger partial charge is 0.481 e. The lowest BCUT2D eigenvalue weighted by molar-refractivity contribution is -0.141. The van der Waals surface area contributed by atoms with Gasteiger partial charge in [0.1, 0.15) is 16.8 Å². The first-order chi connectivity index (χ1) is 25.6. The van der Waals surface area contributed by atoms with Gasteiger partial charge in [0.05, 0.1) is 37.1 Å². The number of carbonyl (C=O) groups excluding carboxylic acids is 1. The van der Waals surface area contributed by atoms with E-state index in [1.807, 2.05) is 29.2 Å². The number of benzene rings is 2. The van der Waals surface area contributed by atoms with Crippen LogP contribution in [-0.2, 0) is 29.1 Å². The molecule has 7 rings (SSSR count). The number of rotatable bonds is 11. The van der Waals surface area contributed by atoms with Gasteiger partial charge in [-0.05, 0) is 48.6 Å². The molecule has 1 aliphatic carbocycles. The maximum absolute atomic E-state index is 11.7. The van der Waals surface area contributed by atoms with Gasteiger partial charge >= 0.3 is 5.97 Å². The van der Waals surface area contributed by atoms with Crippen LogP contribution >= 0.6 is 23.2 Å². The summed E-state index contributed by atoms with van der Waals surface area (Å²) in [4.78, 5) is 43.6. The van der Waals surface area contributed by atoms with Gasteiger partial charge in [-0.15, -0.1) is 0 Å². The summed E-state index contributed by atoms with van der Waals surface area (Å²) < 4.78 is 17.8. The zero-order valence-electron chi connectivity index (χ0n) is 30.0. The van der Waals surface area contributed by atoms with Crippen LogP contribution in [0.25, 0.3) is 22.4 Å². The van der Waals surface area contributed by atoms with E-state index in [0.29, 0.717) is 73.2 Å². The van der Waals surface area contributed by atoms with Crippen molar-refractivity contribution in [3.63, 3.8) is 0 Å². The number of aromatic nitrogens is 3. The van der Waals surface area contributed by atoms with Gasteiger partial charge in [0.15, 0.2) is 0 Å². The number of carbonyl (C=O) groups is 2. The smallest absolute Gasteiger partial charge is 0.307 e. The molecule has 278 valence electrons. The highest BCUT2D eigenvalue weighted by Crippen LogP contribution is 2.44. The van der Waals surface area contributed by atoms with Crippen molar-refractivity contribution in [2.75, 3.05) is 53.5 Å². The van der Waals surface area contributed by atoms with Crippen LogP contribution in [0.15, 0.2) is 48.7 Å². The summed E-state index contributed by atoms with van der Waals surface area (Å²) >= 11 is 13.9. The number of piperazine rings is 1. The second kappa shape index (κ2) is 15.9. The van der Waals surface area contributed by atoms with Gasteiger partial charge in [0, 0.05) is 69.4 Å². The van der Waals surface area contributed by atoms with E-state index in [1.54, 1.807) is 33.4 Å². The van der Waals surface area contributed by atoms with E-state index < -0.39 is 5.97 Å². The summed E-state index contributed by atoms with van der Waals surface area (Å²) in [6.07, 6.45) is 3.56. The average molecular weight is 762 g/mol. The number of fused-ring (bicyclic) bond motifs is 1. The van der Waals surface area contributed by atoms with E-state index in [9.17, 15) is 14.7 Å². The summed E-state index contributed by atoms with van der Waals surface area (Å²) in [6, 6.07) is 13.9.